The molecule has 170 valence electrons. The predicted octanol–water partition coefficient (Wildman–Crippen LogP) is 6.21. The van der Waals surface area contributed by atoms with Crippen LogP contribution in [0.3, 0.4) is 0 Å². The van der Waals surface area contributed by atoms with Gasteiger partial charge in [-0.25, -0.2) is 0 Å². The number of methoxy groups -OCH3 is 3. The van der Waals surface area contributed by atoms with Crippen LogP contribution in [0.1, 0.15) is 21.5 Å². The minimum atomic E-state index is -0.227. The Bertz CT molecular complexity index is 1230. The molecule has 3 aromatic rings. The second kappa shape index (κ2) is 9.65. The molecule has 0 radical (unpaired) electrons. The molecule has 4 rings (SSSR count). The van der Waals surface area contributed by atoms with Crippen LogP contribution in [-0.4, -0.2) is 27.1 Å². The molecule has 0 spiro atoms. The Hall–Kier alpha value is -3.35. The molecule has 0 aliphatic carbocycles. The number of carbonyl (C=O) groups is 1. The van der Waals surface area contributed by atoms with E-state index in [4.69, 9.17) is 46.9 Å². The van der Waals surface area contributed by atoms with Crippen molar-refractivity contribution in [3.05, 3.63) is 81.0 Å². The molecule has 0 amide bonds. The first kappa shape index (κ1) is 22.8. The van der Waals surface area contributed by atoms with Crippen LogP contribution >= 0.6 is 23.2 Å². The maximum atomic E-state index is 12.8. The highest BCUT2D eigenvalue weighted by Gasteiger charge is 2.28. The van der Waals surface area contributed by atoms with Crippen molar-refractivity contribution in [2.45, 2.75) is 6.61 Å². The Balaban J connectivity index is 1.55. The monoisotopic (exact) mass is 486 g/mol. The largest absolute Gasteiger partial charge is 0.493 e. The van der Waals surface area contributed by atoms with Crippen molar-refractivity contribution >= 4 is 35.1 Å². The molecule has 1 heterocycles. The average molecular weight is 487 g/mol. The summed E-state index contributed by atoms with van der Waals surface area (Å²) in [5.41, 5.74) is 1.98. The summed E-state index contributed by atoms with van der Waals surface area (Å²) >= 11 is 12.0. The van der Waals surface area contributed by atoms with Gasteiger partial charge in [-0.05, 0) is 53.6 Å². The van der Waals surface area contributed by atoms with Gasteiger partial charge in [-0.2, -0.15) is 0 Å². The van der Waals surface area contributed by atoms with Gasteiger partial charge in [0, 0.05) is 6.07 Å². The Morgan fingerprint density at radius 2 is 1.61 bits per heavy atom. The van der Waals surface area contributed by atoms with E-state index in [9.17, 15) is 4.79 Å². The highest BCUT2D eigenvalue weighted by Crippen LogP contribution is 2.40. The van der Waals surface area contributed by atoms with Gasteiger partial charge >= 0.3 is 0 Å². The Kier molecular flexibility index (Phi) is 6.67. The summed E-state index contributed by atoms with van der Waals surface area (Å²) in [4.78, 5) is 12.8. The summed E-state index contributed by atoms with van der Waals surface area (Å²) in [5.74, 6) is 2.35. The summed E-state index contributed by atoms with van der Waals surface area (Å²) < 4.78 is 27.7. The standard InChI is InChI=1S/C25H20Cl2O6/c1-29-22-10-15(11-23(30-2)25(22)31-3)9-21-24(28)17-6-5-16(12-20(17)33-21)32-13-14-4-7-18(26)19(27)8-14/h4-12H,13H2,1-3H3/b21-9-. The molecule has 0 atom stereocenters. The van der Waals surface area contributed by atoms with Crippen LogP contribution in [0, 0.1) is 0 Å². The number of ether oxygens (including phenoxy) is 5. The van der Waals surface area contributed by atoms with Gasteiger partial charge in [-0.1, -0.05) is 29.3 Å². The molecule has 0 saturated heterocycles. The molecule has 0 saturated carbocycles. The normalized spacial score (nSPS) is 13.5. The van der Waals surface area contributed by atoms with E-state index < -0.39 is 0 Å². The average Bonchev–Trinajstić information content (AvgIpc) is 3.13. The second-order valence-corrected chi connectivity index (χ2v) is 7.91. The second-order valence-electron chi connectivity index (χ2n) is 7.09. The lowest BCUT2D eigenvalue weighted by Gasteiger charge is -2.13. The summed E-state index contributed by atoms with van der Waals surface area (Å²) in [5, 5.41) is 0.943. The van der Waals surface area contributed by atoms with Gasteiger partial charge in [0.1, 0.15) is 18.1 Å². The fourth-order valence-electron chi connectivity index (χ4n) is 3.39. The van der Waals surface area contributed by atoms with Crippen LogP contribution in [0.4, 0.5) is 0 Å². The molecule has 0 unspecified atom stereocenters. The topological polar surface area (TPSA) is 63.2 Å². The Morgan fingerprint density at radius 3 is 2.24 bits per heavy atom. The van der Waals surface area contributed by atoms with Crippen LogP contribution in [0.5, 0.6) is 28.7 Å². The summed E-state index contributed by atoms with van der Waals surface area (Å²) in [6.07, 6.45) is 1.63. The third kappa shape index (κ3) is 4.72. The lowest BCUT2D eigenvalue weighted by Crippen LogP contribution is -1.99. The van der Waals surface area contributed by atoms with Gasteiger partial charge < -0.3 is 23.7 Å². The molecular formula is C25H20Cl2O6. The van der Waals surface area contributed by atoms with Crippen LogP contribution in [0.25, 0.3) is 6.08 Å². The van der Waals surface area contributed by atoms with Crippen LogP contribution in [0.2, 0.25) is 10.0 Å². The molecular weight excluding hydrogens is 467 g/mol. The van der Waals surface area contributed by atoms with E-state index in [1.54, 1.807) is 48.5 Å². The third-order valence-electron chi connectivity index (χ3n) is 5.02. The third-order valence-corrected chi connectivity index (χ3v) is 5.75. The molecule has 0 aromatic heterocycles. The van der Waals surface area contributed by atoms with Gasteiger partial charge in [-0.15, -0.1) is 0 Å². The summed E-state index contributed by atoms with van der Waals surface area (Å²) in [6, 6.07) is 13.8. The number of fused-ring (bicyclic) bond motifs is 1. The Morgan fingerprint density at radius 1 is 0.879 bits per heavy atom. The molecule has 33 heavy (non-hydrogen) atoms. The number of carbonyl (C=O) groups excluding carboxylic acids is 1. The van der Waals surface area contributed by atoms with Gasteiger partial charge in [0.15, 0.2) is 17.3 Å². The summed E-state index contributed by atoms with van der Waals surface area (Å²) in [7, 11) is 4.58. The van der Waals surface area contributed by atoms with Crippen LogP contribution < -0.4 is 23.7 Å². The van der Waals surface area contributed by atoms with Gasteiger partial charge in [0.05, 0.1) is 36.9 Å². The number of rotatable bonds is 7. The van der Waals surface area contributed by atoms with Crippen molar-refractivity contribution in [2.24, 2.45) is 0 Å². The smallest absolute Gasteiger partial charge is 0.231 e. The van der Waals surface area contributed by atoms with E-state index in [0.717, 1.165) is 5.56 Å². The zero-order valence-corrected chi connectivity index (χ0v) is 19.6. The number of ketones is 1. The molecule has 1 aliphatic rings. The number of hydrogen-bond acceptors (Lipinski definition) is 6. The number of hydrogen-bond donors (Lipinski definition) is 0. The van der Waals surface area contributed by atoms with Gasteiger partial charge in [0.25, 0.3) is 0 Å². The van der Waals surface area contributed by atoms with Crippen molar-refractivity contribution in [3.8, 4) is 28.7 Å². The first-order chi connectivity index (χ1) is 15.9. The SMILES string of the molecule is COc1cc(/C=C2\Oc3cc(OCc4ccc(Cl)c(Cl)c4)ccc3C2=O)cc(OC)c1OC. The minimum Gasteiger partial charge on any atom is -0.493 e. The van der Waals surface area contributed by atoms with E-state index in [-0.39, 0.29) is 18.1 Å². The van der Waals surface area contributed by atoms with E-state index in [0.29, 0.717) is 49.9 Å². The first-order valence-electron chi connectivity index (χ1n) is 9.88. The number of halogens is 2. The van der Waals surface area contributed by atoms with Crippen molar-refractivity contribution in [3.63, 3.8) is 0 Å². The van der Waals surface area contributed by atoms with E-state index in [2.05, 4.69) is 0 Å². The fourth-order valence-corrected chi connectivity index (χ4v) is 3.71. The van der Waals surface area contributed by atoms with Crippen molar-refractivity contribution in [2.75, 3.05) is 21.3 Å². The number of Topliss-reactive ketones (excluding diaryl/α,β-unsaturated/α-hetero) is 1. The van der Waals surface area contributed by atoms with Crippen LogP contribution in [-0.2, 0) is 6.61 Å². The number of allylic oxidation sites excluding steroid dienone is 1. The lowest BCUT2D eigenvalue weighted by molar-refractivity contribution is 0.101. The quantitative estimate of drug-likeness (QED) is 0.369. The van der Waals surface area contributed by atoms with Crippen molar-refractivity contribution < 1.29 is 28.5 Å². The first-order valence-corrected chi connectivity index (χ1v) is 10.6. The number of benzene rings is 3. The van der Waals surface area contributed by atoms with Crippen molar-refractivity contribution in [1.82, 2.24) is 0 Å². The van der Waals surface area contributed by atoms with Gasteiger partial charge in [-0.3, -0.25) is 4.79 Å². The highest BCUT2D eigenvalue weighted by molar-refractivity contribution is 6.42. The molecule has 6 nitrogen and oxygen atoms in total. The highest BCUT2D eigenvalue weighted by atomic mass is 35.5. The fraction of sp³-hybridized carbons (Fsp3) is 0.160. The molecule has 0 bridgehead atoms. The Labute approximate surface area is 201 Å². The molecule has 1 aliphatic heterocycles. The molecule has 3 aromatic carbocycles. The van der Waals surface area contributed by atoms with E-state index in [1.165, 1.54) is 21.3 Å². The van der Waals surface area contributed by atoms with E-state index in [1.807, 2.05) is 6.07 Å². The van der Waals surface area contributed by atoms with Crippen molar-refractivity contribution in [1.29, 1.82) is 0 Å². The molecule has 0 fully saturated rings. The predicted molar refractivity (Wildman–Crippen MR) is 126 cm³/mol. The lowest BCUT2D eigenvalue weighted by atomic mass is 10.1. The molecule has 8 heteroatoms. The van der Waals surface area contributed by atoms with E-state index >= 15 is 0 Å². The van der Waals surface area contributed by atoms with Crippen LogP contribution in [0.15, 0.2) is 54.3 Å². The zero-order chi connectivity index (χ0) is 23.5. The zero-order valence-electron chi connectivity index (χ0n) is 18.1. The van der Waals surface area contributed by atoms with Gasteiger partial charge in [0.2, 0.25) is 11.5 Å². The maximum Gasteiger partial charge on any atom is 0.231 e. The molecule has 0 N–H and O–H groups in total. The maximum absolute atomic E-state index is 12.8. The minimum absolute atomic E-state index is 0.181. The summed E-state index contributed by atoms with van der Waals surface area (Å²) in [6.45, 7) is 0.289.